The van der Waals surface area contributed by atoms with Crippen molar-refractivity contribution < 1.29 is 19.1 Å². The zero-order valence-corrected chi connectivity index (χ0v) is 17.8. The number of hydrogen-bond acceptors (Lipinski definition) is 4. The van der Waals surface area contributed by atoms with Gasteiger partial charge in [0.1, 0.15) is 11.5 Å². The van der Waals surface area contributed by atoms with Gasteiger partial charge in [0.2, 0.25) is 0 Å². The van der Waals surface area contributed by atoms with Crippen molar-refractivity contribution >= 4 is 50.1 Å². The van der Waals surface area contributed by atoms with Crippen LogP contribution in [0.1, 0.15) is 6.92 Å². The van der Waals surface area contributed by atoms with Crippen molar-refractivity contribution in [1.82, 2.24) is 10.9 Å². The van der Waals surface area contributed by atoms with Gasteiger partial charge in [-0.25, -0.2) is 0 Å². The second kappa shape index (κ2) is 9.62. The van der Waals surface area contributed by atoms with Crippen LogP contribution in [0.25, 0.3) is 10.8 Å². The predicted octanol–water partition coefficient (Wildman–Crippen LogP) is 4.25. The Bertz CT molecular complexity index is 1040. The summed E-state index contributed by atoms with van der Waals surface area (Å²) in [4.78, 5) is 24.0. The van der Waals surface area contributed by atoms with E-state index in [9.17, 15) is 9.59 Å². The summed E-state index contributed by atoms with van der Waals surface area (Å²) in [6.07, 6.45) is -0.807. The molecule has 0 saturated carbocycles. The highest BCUT2D eigenvalue weighted by Crippen LogP contribution is 2.27. The number of halogens is 2. The second-order valence-electron chi connectivity index (χ2n) is 6.17. The standard InChI is InChI=1S/C21H18BrClN2O4/c1-13(29-17-8-6-14-4-2-3-5-15(14)10-17)21(27)25-24-20(26)12-28-19-9-7-16(22)11-18(19)23/h2-11,13H,12H2,1H3,(H,24,26)(H,25,27). The average Bonchev–Trinajstić information content (AvgIpc) is 2.71. The van der Waals surface area contributed by atoms with E-state index < -0.39 is 17.9 Å². The van der Waals surface area contributed by atoms with Gasteiger partial charge in [-0.1, -0.05) is 57.9 Å². The molecule has 0 aliphatic rings. The zero-order valence-electron chi connectivity index (χ0n) is 15.4. The summed E-state index contributed by atoms with van der Waals surface area (Å²) in [5.74, 6) is -0.0985. The molecule has 0 bridgehead atoms. The Labute approximate surface area is 181 Å². The van der Waals surface area contributed by atoms with Crippen LogP contribution in [0.5, 0.6) is 11.5 Å². The Balaban J connectivity index is 1.46. The SMILES string of the molecule is CC(Oc1ccc2ccccc2c1)C(=O)NNC(=O)COc1ccc(Br)cc1Cl. The van der Waals surface area contributed by atoms with Crippen LogP contribution in [-0.4, -0.2) is 24.5 Å². The predicted molar refractivity (Wildman–Crippen MR) is 115 cm³/mol. The van der Waals surface area contributed by atoms with Crippen molar-refractivity contribution in [2.24, 2.45) is 0 Å². The van der Waals surface area contributed by atoms with E-state index in [1.165, 1.54) is 0 Å². The molecule has 0 spiro atoms. The number of carbonyl (C=O) groups is 2. The van der Waals surface area contributed by atoms with Gasteiger partial charge < -0.3 is 9.47 Å². The van der Waals surface area contributed by atoms with Crippen molar-refractivity contribution in [3.63, 3.8) is 0 Å². The van der Waals surface area contributed by atoms with E-state index >= 15 is 0 Å². The number of amides is 2. The van der Waals surface area contributed by atoms with Crippen molar-refractivity contribution in [2.45, 2.75) is 13.0 Å². The summed E-state index contributed by atoms with van der Waals surface area (Å²) >= 11 is 9.31. The van der Waals surface area contributed by atoms with Crippen LogP contribution in [0.15, 0.2) is 65.1 Å². The lowest BCUT2D eigenvalue weighted by atomic mass is 10.1. The Kier molecular flexibility index (Phi) is 6.95. The van der Waals surface area contributed by atoms with Gasteiger partial charge in [-0.3, -0.25) is 20.4 Å². The number of hydrogen-bond donors (Lipinski definition) is 2. The van der Waals surface area contributed by atoms with E-state index in [-0.39, 0.29) is 6.61 Å². The molecule has 3 rings (SSSR count). The molecule has 6 nitrogen and oxygen atoms in total. The zero-order chi connectivity index (χ0) is 20.8. The average molecular weight is 478 g/mol. The van der Waals surface area contributed by atoms with Gasteiger partial charge >= 0.3 is 0 Å². The number of carbonyl (C=O) groups excluding carboxylic acids is 2. The minimum atomic E-state index is -0.807. The highest BCUT2D eigenvalue weighted by molar-refractivity contribution is 9.10. The molecule has 0 aromatic heterocycles. The smallest absolute Gasteiger partial charge is 0.279 e. The fraction of sp³-hybridized carbons (Fsp3) is 0.143. The second-order valence-corrected chi connectivity index (χ2v) is 7.49. The fourth-order valence-electron chi connectivity index (χ4n) is 2.50. The van der Waals surface area contributed by atoms with Crippen LogP contribution in [0.2, 0.25) is 5.02 Å². The Hall–Kier alpha value is -2.77. The van der Waals surface area contributed by atoms with Gasteiger partial charge in [0.05, 0.1) is 5.02 Å². The number of hydrazine groups is 1. The van der Waals surface area contributed by atoms with Gasteiger partial charge in [-0.15, -0.1) is 0 Å². The molecule has 150 valence electrons. The number of fused-ring (bicyclic) bond motifs is 1. The normalized spacial score (nSPS) is 11.6. The highest BCUT2D eigenvalue weighted by atomic mass is 79.9. The molecule has 2 amide bonds. The van der Waals surface area contributed by atoms with Crippen molar-refractivity contribution in [2.75, 3.05) is 6.61 Å². The first-order valence-electron chi connectivity index (χ1n) is 8.74. The molecule has 1 atom stereocenters. The summed E-state index contributed by atoms with van der Waals surface area (Å²) in [6, 6.07) is 18.4. The van der Waals surface area contributed by atoms with Crippen LogP contribution in [-0.2, 0) is 9.59 Å². The van der Waals surface area contributed by atoms with Crippen LogP contribution in [0.4, 0.5) is 0 Å². The molecular formula is C21H18BrClN2O4. The molecule has 29 heavy (non-hydrogen) atoms. The molecule has 1 unspecified atom stereocenters. The number of nitrogens with one attached hydrogen (secondary N) is 2. The lowest BCUT2D eigenvalue weighted by Gasteiger charge is -2.16. The third kappa shape index (κ3) is 5.85. The molecule has 0 heterocycles. The van der Waals surface area contributed by atoms with E-state index in [0.29, 0.717) is 16.5 Å². The summed E-state index contributed by atoms with van der Waals surface area (Å²) < 4.78 is 11.8. The molecule has 0 aliphatic carbocycles. The summed E-state index contributed by atoms with van der Waals surface area (Å²) in [7, 11) is 0. The lowest BCUT2D eigenvalue weighted by molar-refractivity contribution is -0.133. The molecular weight excluding hydrogens is 460 g/mol. The summed E-state index contributed by atoms with van der Waals surface area (Å²) in [6.45, 7) is 1.29. The van der Waals surface area contributed by atoms with Crippen LogP contribution < -0.4 is 20.3 Å². The highest BCUT2D eigenvalue weighted by Gasteiger charge is 2.16. The lowest BCUT2D eigenvalue weighted by Crippen LogP contribution is -2.48. The number of ether oxygens (including phenoxy) is 2. The maximum Gasteiger partial charge on any atom is 0.279 e. The molecule has 0 aliphatic heterocycles. The van der Waals surface area contributed by atoms with Crippen LogP contribution >= 0.6 is 27.5 Å². The third-order valence-electron chi connectivity index (χ3n) is 3.98. The van der Waals surface area contributed by atoms with Gasteiger partial charge in [0, 0.05) is 4.47 Å². The van der Waals surface area contributed by atoms with E-state index in [1.54, 1.807) is 31.2 Å². The van der Waals surface area contributed by atoms with Crippen molar-refractivity contribution in [1.29, 1.82) is 0 Å². The van der Waals surface area contributed by atoms with Gasteiger partial charge in [-0.05, 0) is 48.0 Å². The van der Waals surface area contributed by atoms with Gasteiger partial charge in [-0.2, -0.15) is 0 Å². The van der Waals surface area contributed by atoms with E-state index in [2.05, 4.69) is 26.8 Å². The van der Waals surface area contributed by atoms with E-state index in [0.717, 1.165) is 15.2 Å². The topological polar surface area (TPSA) is 76.7 Å². The molecule has 3 aromatic carbocycles. The molecule has 8 heteroatoms. The minimum Gasteiger partial charge on any atom is -0.482 e. The van der Waals surface area contributed by atoms with Gasteiger partial charge in [0.15, 0.2) is 12.7 Å². The Morgan fingerprint density at radius 2 is 1.79 bits per heavy atom. The maximum atomic E-state index is 12.2. The van der Waals surface area contributed by atoms with Crippen LogP contribution in [0.3, 0.4) is 0 Å². The first-order valence-corrected chi connectivity index (χ1v) is 9.91. The number of benzene rings is 3. The summed E-state index contributed by atoms with van der Waals surface area (Å²) in [5.41, 5.74) is 4.60. The number of rotatable bonds is 6. The molecule has 0 radical (unpaired) electrons. The largest absolute Gasteiger partial charge is 0.482 e. The minimum absolute atomic E-state index is 0.304. The van der Waals surface area contributed by atoms with Crippen molar-refractivity contribution in [3.8, 4) is 11.5 Å². The monoisotopic (exact) mass is 476 g/mol. The molecule has 3 aromatic rings. The molecule has 2 N–H and O–H groups in total. The summed E-state index contributed by atoms with van der Waals surface area (Å²) in [5, 5.41) is 2.46. The van der Waals surface area contributed by atoms with Crippen LogP contribution in [0, 0.1) is 0 Å². The quantitative estimate of drug-likeness (QED) is 0.521. The van der Waals surface area contributed by atoms with E-state index in [1.807, 2.05) is 36.4 Å². The first-order chi connectivity index (χ1) is 13.9. The Morgan fingerprint density at radius 1 is 1.03 bits per heavy atom. The van der Waals surface area contributed by atoms with E-state index in [4.69, 9.17) is 21.1 Å². The maximum absolute atomic E-state index is 12.2. The third-order valence-corrected chi connectivity index (χ3v) is 4.77. The fourth-order valence-corrected chi connectivity index (χ4v) is 3.23. The Morgan fingerprint density at radius 3 is 2.55 bits per heavy atom. The molecule has 0 saturated heterocycles. The van der Waals surface area contributed by atoms with Gasteiger partial charge in [0.25, 0.3) is 11.8 Å². The first kappa shape index (κ1) is 21.0. The molecule has 0 fully saturated rings. The van der Waals surface area contributed by atoms with Crippen molar-refractivity contribution in [3.05, 3.63) is 70.2 Å².